The van der Waals surface area contributed by atoms with Crippen LogP contribution in [0.3, 0.4) is 0 Å². The number of nitrogens with zero attached hydrogens (tertiary/aromatic N) is 3. The molecule has 0 radical (unpaired) electrons. The van der Waals surface area contributed by atoms with Gasteiger partial charge in [0.05, 0.1) is 17.2 Å². The fourth-order valence-corrected chi connectivity index (χ4v) is 4.25. The molecule has 0 aliphatic carbocycles. The van der Waals surface area contributed by atoms with Crippen molar-refractivity contribution in [3.63, 3.8) is 0 Å². The van der Waals surface area contributed by atoms with Crippen LogP contribution in [-0.2, 0) is 12.8 Å². The molecule has 0 amide bonds. The van der Waals surface area contributed by atoms with Gasteiger partial charge < -0.3 is 10.1 Å². The monoisotopic (exact) mass is 418 g/mol. The van der Waals surface area contributed by atoms with Gasteiger partial charge in [0.15, 0.2) is 11.4 Å². The van der Waals surface area contributed by atoms with E-state index in [0.717, 1.165) is 33.5 Å². The Morgan fingerprint density at radius 1 is 1.17 bits per heavy atom. The molecule has 0 saturated heterocycles. The highest BCUT2D eigenvalue weighted by atomic mass is 32.2. The highest BCUT2D eigenvalue weighted by Crippen LogP contribution is 2.30. The third-order valence-corrected chi connectivity index (χ3v) is 5.82. The Morgan fingerprint density at radius 3 is 2.70 bits per heavy atom. The van der Waals surface area contributed by atoms with Gasteiger partial charge in [0.1, 0.15) is 5.65 Å². The fourth-order valence-electron chi connectivity index (χ4n) is 3.48. The molecule has 3 aromatic heterocycles. The lowest BCUT2D eigenvalue weighted by atomic mass is 10.0. The van der Waals surface area contributed by atoms with E-state index in [2.05, 4.69) is 15.0 Å². The summed E-state index contributed by atoms with van der Waals surface area (Å²) in [6.07, 6.45) is 5.47. The Kier molecular flexibility index (Phi) is 6.21. The Morgan fingerprint density at radius 2 is 2.00 bits per heavy atom. The van der Waals surface area contributed by atoms with Crippen molar-refractivity contribution in [2.75, 3.05) is 0 Å². The number of hydrogen-bond donors (Lipinski definition) is 2. The highest BCUT2D eigenvalue weighted by Gasteiger charge is 2.19. The van der Waals surface area contributed by atoms with Crippen LogP contribution in [-0.4, -0.2) is 31.3 Å². The smallest absolute Gasteiger partial charge is 0.194 e. The molecule has 3 heterocycles. The van der Waals surface area contributed by atoms with E-state index in [1.807, 2.05) is 49.4 Å². The summed E-state index contributed by atoms with van der Waals surface area (Å²) in [4.78, 5) is 29.6. The Bertz CT molecular complexity index is 1150. The van der Waals surface area contributed by atoms with Crippen LogP contribution in [0.15, 0.2) is 64.9 Å². The van der Waals surface area contributed by atoms with Crippen LogP contribution in [0, 0.1) is 0 Å². The zero-order valence-electron chi connectivity index (χ0n) is 16.6. The predicted octanol–water partition coefficient (Wildman–Crippen LogP) is 4.55. The zero-order valence-corrected chi connectivity index (χ0v) is 17.4. The van der Waals surface area contributed by atoms with Crippen LogP contribution in [0.5, 0.6) is 0 Å². The summed E-state index contributed by atoms with van der Waals surface area (Å²) in [5.74, 6) is 0. The summed E-state index contributed by atoms with van der Waals surface area (Å²) in [7, 11) is 0. The molecular weight excluding hydrogens is 396 g/mol. The van der Waals surface area contributed by atoms with E-state index in [9.17, 15) is 9.90 Å². The van der Waals surface area contributed by atoms with Gasteiger partial charge in [-0.05, 0) is 48.7 Å². The topological polar surface area (TPSA) is 91.8 Å². The maximum Gasteiger partial charge on any atom is 0.194 e. The highest BCUT2D eigenvalue weighted by molar-refractivity contribution is 7.99. The largest absolute Gasteiger partial charge is 0.388 e. The average molecular weight is 419 g/mol. The number of rotatable bonds is 8. The average Bonchev–Trinajstić information content (AvgIpc) is 3.16. The van der Waals surface area contributed by atoms with E-state index in [1.54, 1.807) is 12.4 Å². The number of aliphatic hydroxyl groups excluding tert-OH is 1. The molecule has 30 heavy (non-hydrogen) atoms. The number of aliphatic hydroxyl groups is 1. The fraction of sp³-hybridized carbons (Fsp3) is 0.217. The third kappa shape index (κ3) is 4.27. The normalized spacial score (nSPS) is 12.2. The second-order valence-corrected chi connectivity index (χ2v) is 7.96. The van der Waals surface area contributed by atoms with Gasteiger partial charge in [-0.2, -0.15) is 0 Å². The lowest BCUT2D eigenvalue weighted by molar-refractivity contribution is 0.112. The van der Waals surface area contributed by atoms with Gasteiger partial charge in [0.25, 0.3) is 0 Å². The lowest BCUT2D eigenvalue weighted by Gasteiger charge is -2.12. The molecule has 2 N–H and O–H groups in total. The van der Waals surface area contributed by atoms with Crippen molar-refractivity contribution in [2.24, 2.45) is 0 Å². The van der Waals surface area contributed by atoms with Crippen LogP contribution in [0.4, 0.5) is 0 Å². The van der Waals surface area contributed by atoms with Gasteiger partial charge in [-0.25, -0.2) is 9.97 Å². The van der Waals surface area contributed by atoms with Crippen molar-refractivity contribution in [2.45, 2.75) is 42.3 Å². The molecule has 1 aromatic carbocycles. The molecule has 4 aromatic rings. The second kappa shape index (κ2) is 9.19. The van der Waals surface area contributed by atoms with Gasteiger partial charge in [-0.1, -0.05) is 37.3 Å². The molecule has 7 heteroatoms. The van der Waals surface area contributed by atoms with E-state index < -0.39 is 6.10 Å². The predicted molar refractivity (Wildman–Crippen MR) is 117 cm³/mol. The number of hydrogen-bond acceptors (Lipinski definition) is 6. The first-order valence-corrected chi connectivity index (χ1v) is 10.7. The molecule has 152 valence electrons. The molecule has 0 spiro atoms. The summed E-state index contributed by atoms with van der Waals surface area (Å²) < 4.78 is 0. The van der Waals surface area contributed by atoms with Gasteiger partial charge in [-0.3, -0.25) is 9.78 Å². The quantitative estimate of drug-likeness (QED) is 0.322. The van der Waals surface area contributed by atoms with Crippen LogP contribution >= 0.6 is 11.8 Å². The van der Waals surface area contributed by atoms with E-state index in [1.165, 1.54) is 11.8 Å². The number of aldehydes is 1. The number of carbonyl (C=O) groups is 1. The lowest BCUT2D eigenvalue weighted by Crippen LogP contribution is -2.03. The van der Waals surface area contributed by atoms with Crippen molar-refractivity contribution in [1.82, 2.24) is 19.9 Å². The Balaban J connectivity index is 1.70. The SMILES string of the molecule is CCc1[nH]c2nc(Sc3cccnc3)nc(CC[C@@H](O)c3ccccc3)c2c1C=O. The first-order valence-electron chi connectivity index (χ1n) is 9.87. The number of aromatic amines is 1. The number of carbonyl (C=O) groups excluding carboxylic acids is 1. The zero-order chi connectivity index (χ0) is 20.9. The van der Waals surface area contributed by atoms with Crippen molar-refractivity contribution >= 4 is 29.1 Å². The minimum atomic E-state index is -0.602. The maximum atomic E-state index is 11.8. The summed E-state index contributed by atoms with van der Waals surface area (Å²) in [6.45, 7) is 2.00. The van der Waals surface area contributed by atoms with Gasteiger partial charge in [0, 0.05) is 28.5 Å². The van der Waals surface area contributed by atoms with Crippen LogP contribution < -0.4 is 0 Å². The van der Waals surface area contributed by atoms with E-state index >= 15 is 0 Å². The number of aryl methyl sites for hydroxylation is 2. The van der Waals surface area contributed by atoms with Gasteiger partial charge in [-0.15, -0.1) is 0 Å². The van der Waals surface area contributed by atoms with Crippen molar-refractivity contribution < 1.29 is 9.90 Å². The second-order valence-electron chi connectivity index (χ2n) is 6.92. The van der Waals surface area contributed by atoms with E-state index in [0.29, 0.717) is 35.6 Å². The molecular formula is C23H22N4O2S. The summed E-state index contributed by atoms with van der Waals surface area (Å²) in [6, 6.07) is 13.4. The maximum absolute atomic E-state index is 11.8. The first-order chi connectivity index (χ1) is 14.7. The van der Waals surface area contributed by atoms with Crippen molar-refractivity contribution in [1.29, 1.82) is 0 Å². The minimum absolute atomic E-state index is 0.498. The van der Waals surface area contributed by atoms with Gasteiger partial charge >= 0.3 is 0 Å². The van der Waals surface area contributed by atoms with Crippen LogP contribution in [0.25, 0.3) is 11.0 Å². The van der Waals surface area contributed by atoms with E-state index in [-0.39, 0.29) is 0 Å². The standard InChI is InChI=1S/C23H22N4O2S/c1-2-18-17(14-28)21-19(10-11-20(29)15-7-4-3-5-8-15)26-23(27-22(21)25-18)30-16-9-6-12-24-13-16/h3-9,12-14,20,29H,2,10-11H2,1H3,(H,25,26,27)/t20-/m1/s1. The van der Waals surface area contributed by atoms with Crippen LogP contribution in [0.2, 0.25) is 0 Å². The molecule has 0 aliphatic rings. The molecule has 1 atom stereocenters. The van der Waals surface area contributed by atoms with Crippen molar-refractivity contribution in [3.8, 4) is 0 Å². The molecule has 4 rings (SSSR count). The number of benzene rings is 1. The number of aromatic nitrogens is 4. The molecule has 6 nitrogen and oxygen atoms in total. The number of H-pyrrole nitrogens is 1. The number of fused-ring (bicyclic) bond motifs is 1. The summed E-state index contributed by atoms with van der Waals surface area (Å²) >= 11 is 1.42. The van der Waals surface area contributed by atoms with Gasteiger partial charge in [0.2, 0.25) is 0 Å². The molecule has 0 bridgehead atoms. The minimum Gasteiger partial charge on any atom is -0.388 e. The van der Waals surface area contributed by atoms with E-state index in [4.69, 9.17) is 4.98 Å². The number of pyridine rings is 1. The molecule has 0 saturated carbocycles. The molecule has 0 unspecified atom stereocenters. The third-order valence-electron chi connectivity index (χ3n) is 4.98. The van der Waals surface area contributed by atoms with Crippen molar-refractivity contribution in [3.05, 3.63) is 77.4 Å². The molecule has 0 aliphatic heterocycles. The Hall–Kier alpha value is -3.03. The summed E-state index contributed by atoms with van der Waals surface area (Å²) in [5.41, 5.74) is 3.74. The van der Waals surface area contributed by atoms with Crippen LogP contribution in [0.1, 0.15) is 46.8 Å². The number of nitrogens with one attached hydrogen (secondary N) is 1. The molecule has 0 fully saturated rings. The Labute approximate surface area is 178 Å². The first kappa shape index (κ1) is 20.3. The summed E-state index contributed by atoms with van der Waals surface area (Å²) in [5, 5.41) is 11.9.